The first-order valence-electron chi connectivity index (χ1n) is 6.44. The predicted molar refractivity (Wildman–Crippen MR) is 76.3 cm³/mol. The van der Waals surface area contributed by atoms with Crippen molar-refractivity contribution in [3.8, 4) is 5.75 Å². The average Bonchev–Trinajstić information content (AvgIpc) is 2.98. The minimum atomic E-state index is -0.0339. The molecule has 2 rings (SSSR count). The van der Waals surface area contributed by atoms with E-state index in [1.807, 2.05) is 36.4 Å². The van der Waals surface area contributed by atoms with Gasteiger partial charge in [0, 0.05) is 11.7 Å². The van der Waals surface area contributed by atoms with E-state index in [2.05, 4.69) is 12.2 Å². The van der Waals surface area contributed by atoms with Gasteiger partial charge in [-0.1, -0.05) is 6.92 Å². The summed E-state index contributed by atoms with van der Waals surface area (Å²) >= 11 is 0. The molecule has 4 nitrogen and oxygen atoms in total. The molecule has 0 aliphatic heterocycles. The van der Waals surface area contributed by atoms with E-state index in [4.69, 9.17) is 14.9 Å². The van der Waals surface area contributed by atoms with E-state index in [-0.39, 0.29) is 12.1 Å². The summed E-state index contributed by atoms with van der Waals surface area (Å²) in [5.41, 5.74) is 7.16. The largest absolute Gasteiger partial charge is 0.497 e. The van der Waals surface area contributed by atoms with Gasteiger partial charge in [0.1, 0.15) is 11.5 Å². The highest BCUT2D eigenvalue weighted by Crippen LogP contribution is 2.25. The molecule has 102 valence electrons. The zero-order chi connectivity index (χ0) is 13.7. The molecule has 0 saturated carbocycles. The van der Waals surface area contributed by atoms with E-state index in [9.17, 15) is 0 Å². The van der Waals surface area contributed by atoms with Gasteiger partial charge < -0.3 is 20.2 Å². The van der Waals surface area contributed by atoms with Gasteiger partial charge in [0.25, 0.3) is 0 Å². The highest BCUT2D eigenvalue weighted by Gasteiger charge is 2.20. The summed E-state index contributed by atoms with van der Waals surface area (Å²) in [6.07, 6.45) is 2.54. The van der Waals surface area contributed by atoms with Gasteiger partial charge in [-0.2, -0.15) is 0 Å². The zero-order valence-electron chi connectivity index (χ0n) is 11.3. The second-order valence-corrected chi connectivity index (χ2v) is 4.44. The maximum absolute atomic E-state index is 6.17. The quantitative estimate of drug-likeness (QED) is 0.837. The first kappa shape index (κ1) is 13.5. The number of anilines is 1. The van der Waals surface area contributed by atoms with Crippen LogP contribution in [0.15, 0.2) is 47.1 Å². The molecule has 0 fully saturated rings. The van der Waals surface area contributed by atoms with Gasteiger partial charge in [-0.15, -0.1) is 0 Å². The Kier molecular flexibility index (Phi) is 4.47. The van der Waals surface area contributed by atoms with Gasteiger partial charge in [0.2, 0.25) is 0 Å². The Morgan fingerprint density at radius 1 is 1.26 bits per heavy atom. The van der Waals surface area contributed by atoms with E-state index in [0.29, 0.717) is 0 Å². The van der Waals surface area contributed by atoms with Crippen molar-refractivity contribution in [2.24, 2.45) is 5.73 Å². The Morgan fingerprint density at radius 3 is 2.53 bits per heavy atom. The minimum absolute atomic E-state index is 0.00625. The Hall–Kier alpha value is -1.94. The molecular formula is C15H20N2O2. The van der Waals surface area contributed by atoms with Crippen LogP contribution in [0.5, 0.6) is 5.75 Å². The number of hydrogen-bond acceptors (Lipinski definition) is 4. The van der Waals surface area contributed by atoms with Crippen molar-refractivity contribution < 1.29 is 9.15 Å². The third-order valence-electron chi connectivity index (χ3n) is 3.16. The van der Waals surface area contributed by atoms with Crippen LogP contribution in [0.3, 0.4) is 0 Å². The van der Waals surface area contributed by atoms with Gasteiger partial charge >= 0.3 is 0 Å². The van der Waals surface area contributed by atoms with Gasteiger partial charge in [0.05, 0.1) is 19.4 Å². The van der Waals surface area contributed by atoms with Crippen LogP contribution in [0, 0.1) is 0 Å². The number of benzene rings is 1. The van der Waals surface area contributed by atoms with Crippen molar-refractivity contribution >= 4 is 5.69 Å². The third kappa shape index (κ3) is 3.29. The molecule has 2 aromatic rings. The number of methoxy groups -OCH3 is 1. The Balaban J connectivity index is 2.15. The van der Waals surface area contributed by atoms with Crippen LogP contribution in [-0.2, 0) is 0 Å². The Labute approximate surface area is 113 Å². The second-order valence-electron chi connectivity index (χ2n) is 4.44. The van der Waals surface area contributed by atoms with Gasteiger partial charge in [-0.05, 0) is 42.8 Å². The summed E-state index contributed by atoms with van der Waals surface area (Å²) in [5, 5.41) is 3.41. The van der Waals surface area contributed by atoms with Crippen molar-refractivity contribution in [1.82, 2.24) is 0 Å². The fourth-order valence-electron chi connectivity index (χ4n) is 1.96. The van der Waals surface area contributed by atoms with E-state index in [1.165, 1.54) is 0 Å². The molecule has 0 aliphatic rings. The number of nitrogens with two attached hydrogens (primary N) is 1. The van der Waals surface area contributed by atoms with Crippen LogP contribution in [0.2, 0.25) is 0 Å². The minimum Gasteiger partial charge on any atom is -0.497 e. The van der Waals surface area contributed by atoms with Gasteiger partial charge in [0.15, 0.2) is 0 Å². The van der Waals surface area contributed by atoms with E-state index < -0.39 is 0 Å². The molecule has 19 heavy (non-hydrogen) atoms. The number of ether oxygens (including phenoxy) is 1. The lowest BCUT2D eigenvalue weighted by Gasteiger charge is -2.23. The molecule has 0 saturated heterocycles. The van der Waals surface area contributed by atoms with E-state index >= 15 is 0 Å². The molecular weight excluding hydrogens is 240 g/mol. The molecule has 1 heterocycles. The van der Waals surface area contributed by atoms with Crippen LogP contribution in [0.25, 0.3) is 0 Å². The SMILES string of the molecule is CC[C@@H](N)[C@@H](Nc1ccc(OC)cc1)c1ccco1. The molecule has 0 spiro atoms. The maximum Gasteiger partial charge on any atom is 0.127 e. The fourth-order valence-corrected chi connectivity index (χ4v) is 1.96. The summed E-state index contributed by atoms with van der Waals surface area (Å²) in [4.78, 5) is 0. The lowest BCUT2D eigenvalue weighted by molar-refractivity contribution is 0.414. The smallest absolute Gasteiger partial charge is 0.127 e. The van der Waals surface area contributed by atoms with Gasteiger partial charge in [-0.3, -0.25) is 0 Å². The lowest BCUT2D eigenvalue weighted by Crippen LogP contribution is -2.32. The topological polar surface area (TPSA) is 60.4 Å². The van der Waals surface area contributed by atoms with Crippen molar-refractivity contribution in [1.29, 1.82) is 0 Å². The standard InChI is InChI=1S/C15H20N2O2/c1-3-13(16)15(14-5-4-10-19-14)17-11-6-8-12(18-2)9-7-11/h4-10,13,15,17H,3,16H2,1-2H3/t13-,15-/m1/s1. The summed E-state index contributed by atoms with van der Waals surface area (Å²) in [7, 11) is 1.65. The molecule has 0 bridgehead atoms. The third-order valence-corrected chi connectivity index (χ3v) is 3.16. The van der Waals surface area contributed by atoms with Crippen molar-refractivity contribution in [2.75, 3.05) is 12.4 Å². The van der Waals surface area contributed by atoms with Crippen LogP contribution in [0.1, 0.15) is 25.1 Å². The fraction of sp³-hybridized carbons (Fsp3) is 0.333. The van der Waals surface area contributed by atoms with Crippen LogP contribution < -0.4 is 15.8 Å². The monoisotopic (exact) mass is 260 g/mol. The van der Waals surface area contributed by atoms with E-state index in [0.717, 1.165) is 23.6 Å². The first-order valence-corrected chi connectivity index (χ1v) is 6.44. The van der Waals surface area contributed by atoms with Crippen molar-refractivity contribution in [3.63, 3.8) is 0 Å². The highest BCUT2D eigenvalue weighted by atomic mass is 16.5. The van der Waals surface area contributed by atoms with Crippen LogP contribution in [0.4, 0.5) is 5.69 Å². The Morgan fingerprint density at radius 2 is 2.00 bits per heavy atom. The molecule has 1 aromatic carbocycles. The molecule has 4 heteroatoms. The summed E-state index contributed by atoms with van der Waals surface area (Å²) < 4.78 is 10.6. The lowest BCUT2D eigenvalue weighted by atomic mass is 10.0. The van der Waals surface area contributed by atoms with Crippen LogP contribution in [-0.4, -0.2) is 13.2 Å². The molecule has 2 atom stereocenters. The summed E-state index contributed by atoms with van der Waals surface area (Å²) in [6, 6.07) is 11.5. The molecule has 3 N–H and O–H groups in total. The predicted octanol–water partition coefficient (Wildman–Crippen LogP) is 3.18. The number of rotatable bonds is 6. The van der Waals surface area contributed by atoms with E-state index in [1.54, 1.807) is 13.4 Å². The second kappa shape index (κ2) is 6.29. The molecule has 0 aliphatic carbocycles. The maximum atomic E-state index is 6.17. The molecule has 1 aromatic heterocycles. The van der Waals surface area contributed by atoms with Crippen LogP contribution >= 0.6 is 0 Å². The number of hydrogen-bond donors (Lipinski definition) is 2. The number of nitrogens with one attached hydrogen (secondary N) is 1. The normalized spacial score (nSPS) is 13.8. The average molecular weight is 260 g/mol. The van der Waals surface area contributed by atoms with Crippen molar-refractivity contribution in [2.45, 2.75) is 25.4 Å². The summed E-state index contributed by atoms with van der Waals surface area (Å²) in [6.45, 7) is 2.07. The highest BCUT2D eigenvalue weighted by molar-refractivity contribution is 5.48. The van der Waals surface area contributed by atoms with Gasteiger partial charge in [-0.25, -0.2) is 0 Å². The zero-order valence-corrected chi connectivity index (χ0v) is 11.3. The van der Waals surface area contributed by atoms with Crippen molar-refractivity contribution in [3.05, 3.63) is 48.4 Å². The molecule has 0 radical (unpaired) electrons. The molecule has 0 unspecified atom stereocenters. The summed E-state index contributed by atoms with van der Waals surface area (Å²) in [5.74, 6) is 1.69. The number of furan rings is 1. The Bertz CT molecular complexity index is 479. The molecule has 0 amide bonds. The first-order chi connectivity index (χ1) is 9.24.